The van der Waals surface area contributed by atoms with Crippen LogP contribution < -0.4 is 15.8 Å². The first-order valence-corrected chi connectivity index (χ1v) is 17.2. The summed E-state index contributed by atoms with van der Waals surface area (Å²) in [6, 6.07) is 54.8. The molecule has 0 bridgehead atoms. The number of hydrogen-bond acceptors (Lipinski definition) is 6. The molecule has 0 amide bonds. The molecule has 1 aliphatic heterocycles. The van der Waals surface area contributed by atoms with E-state index in [-0.39, 0.29) is 6.23 Å². The van der Waals surface area contributed by atoms with Gasteiger partial charge in [0.15, 0.2) is 6.23 Å². The van der Waals surface area contributed by atoms with Crippen LogP contribution in [-0.2, 0) is 6.42 Å². The molecule has 1 aliphatic rings. The van der Waals surface area contributed by atoms with Crippen LogP contribution >= 0.6 is 23.5 Å². The van der Waals surface area contributed by atoms with Crippen LogP contribution in [0.15, 0.2) is 182 Å². The summed E-state index contributed by atoms with van der Waals surface area (Å²) in [4.78, 5) is 9.20. The fraction of sp³-hybridized carbons (Fsp3) is 0.0976. The largest absolute Gasteiger partial charge is 0.464 e. The molecule has 0 saturated carbocycles. The SMILES string of the molecule is C/C(=N\CN)c1ccc(Sc2ccccc2)cc1.c1ccc(Sc2ccc(Cc3ccc(C4Nc5ccccc5O4)cc3)cc2)cc1. The molecule has 47 heavy (non-hydrogen) atoms. The van der Waals surface area contributed by atoms with E-state index < -0.39 is 0 Å². The zero-order chi connectivity index (χ0) is 32.3. The van der Waals surface area contributed by atoms with Crippen molar-refractivity contribution in [3.8, 4) is 5.75 Å². The maximum atomic E-state index is 6.00. The predicted molar refractivity (Wildman–Crippen MR) is 198 cm³/mol. The highest BCUT2D eigenvalue weighted by atomic mass is 32.2. The molecule has 234 valence electrons. The minimum absolute atomic E-state index is 0.115. The van der Waals surface area contributed by atoms with Crippen LogP contribution in [0.4, 0.5) is 5.69 Å². The smallest absolute Gasteiger partial charge is 0.196 e. The molecule has 0 aromatic heterocycles. The van der Waals surface area contributed by atoms with Crippen LogP contribution in [0.3, 0.4) is 0 Å². The molecule has 0 saturated heterocycles. The number of fused-ring (bicyclic) bond motifs is 1. The fourth-order valence-corrected chi connectivity index (χ4v) is 6.78. The van der Waals surface area contributed by atoms with E-state index in [1.54, 1.807) is 23.5 Å². The minimum Gasteiger partial charge on any atom is -0.464 e. The molecular weight excluding hydrogens is 615 g/mol. The fourth-order valence-electron chi connectivity index (χ4n) is 5.10. The molecule has 7 rings (SSSR count). The summed E-state index contributed by atoms with van der Waals surface area (Å²) in [7, 11) is 0. The summed E-state index contributed by atoms with van der Waals surface area (Å²) in [6.07, 6.45) is 0.811. The summed E-state index contributed by atoms with van der Waals surface area (Å²) in [5.41, 5.74) is 12.3. The standard InChI is InChI=1S/C26H21NOS.C15H16N2S/c1-2-6-22(7-3-1)29-23-16-12-20(13-17-23)18-19-10-14-21(15-11-19)26-27-24-8-4-5-9-25(24)28-26;1-12(17-11-16)13-7-9-15(10-8-13)18-14-5-3-2-4-6-14/h1-17,26-27H,18H2;2-10H,11,16H2,1H3/b;17-12+. The van der Waals surface area contributed by atoms with Crippen molar-refractivity contribution in [1.82, 2.24) is 0 Å². The zero-order valence-corrected chi connectivity index (χ0v) is 27.9. The van der Waals surface area contributed by atoms with Crippen LogP contribution in [0.2, 0.25) is 0 Å². The van der Waals surface area contributed by atoms with Gasteiger partial charge in [-0.3, -0.25) is 4.99 Å². The first-order valence-electron chi connectivity index (χ1n) is 15.6. The molecule has 1 heterocycles. The Kier molecular flexibility index (Phi) is 11.1. The van der Waals surface area contributed by atoms with Gasteiger partial charge in [-0.2, -0.15) is 0 Å². The number of aliphatic imine (C=N–C) groups is 1. The number of benzene rings is 6. The Morgan fingerprint density at radius 3 is 1.66 bits per heavy atom. The van der Waals surface area contributed by atoms with E-state index in [0.717, 1.165) is 34.7 Å². The van der Waals surface area contributed by atoms with Crippen molar-refractivity contribution in [3.05, 3.63) is 180 Å². The molecule has 6 aromatic rings. The topological polar surface area (TPSA) is 59.6 Å². The number of rotatable bonds is 9. The lowest BCUT2D eigenvalue weighted by Gasteiger charge is -2.12. The summed E-state index contributed by atoms with van der Waals surface area (Å²) in [5.74, 6) is 0.912. The Bertz CT molecular complexity index is 1850. The minimum atomic E-state index is -0.115. The van der Waals surface area contributed by atoms with E-state index >= 15 is 0 Å². The molecule has 0 aliphatic carbocycles. The lowest BCUT2D eigenvalue weighted by atomic mass is 10.0. The van der Waals surface area contributed by atoms with E-state index in [9.17, 15) is 0 Å². The highest BCUT2D eigenvalue weighted by Crippen LogP contribution is 2.37. The second-order valence-electron chi connectivity index (χ2n) is 11.0. The molecule has 4 nitrogen and oxygen atoms in total. The van der Waals surface area contributed by atoms with Gasteiger partial charge in [0.1, 0.15) is 5.75 Å². The summed E-state index contributed by atoms with van der Waals surface area (Å²) >= 11 is 3.55. The van der Waals surface area contributed by atoms with Crippen LogP contribution in [0, 0.1) is 0 Å². The average molecular weight is 652 g/mol. The second-order valence-corrected chi connectivity index (χ2v) is 13.3. The Morgan fingerprint density at radius 2 is 1.11 bits per heavy atom. The Balaban J connectivity index is 0.000000185. The Hall–Kier alpha value is -4.75. The van der Waals surface area contributed by atoms with Gasteiger partial charge >= 0.3 is 0 Å². The summed E-state index contributed by atoms with van der Waals surface area (Å²) < 4.78 is 6.00. The van der Waals surface area contributed by atoms with Gasteiger partial charge in [-0.25, -0.2) is 0 Å². The van der Waals surface area contributed by atoms with E-state index in [0.29, 0.717) is 6.67 Å². The third-order valence-corrected chi connectivity index (χ3v) is 9.62. The molecule has 6 aromatic carbocycles. The Labute approximate surface area is 286 Å². The average Bonchev–Trinajstić information content (AvgIpc) is 3.56. The number of anilines is 1. The summed E-state index contributed by atoms with van der Waals surface area (Å²) in [6.45, 7) is 2.32. The van der Waals surface area contributed by atoms with Gasteiger partial charge in [0.25, 0.3) is 0 Å². The van der Waals surface area contributed by atoms with Gasteiger partial charge in [0, 0.05) is 30.9 Å². The number of ether oxygens (including phenoxy) is 1. The third kappa shape index (κ3) is 9.17. The maximum absolute atomic E-state index is 6.00. The highest BCUT2D eigenvalue weighted by Gasteiger charge is 2.22. The van der Waals surface area contributed by atoms with Crippen LogP contribution in [0.25, 0.3) is 0 Å². The summed E-state index contributed by atoms with van der Waals surface area (Å²) in [5, 5.41) is 3.42. The van der Waals surface area contributed by atoms with E-state index in [1.165, 1.54) is 30.7 Å². The number of hydrogen-bond donors (Lipinski definition) is 2. The first-order chi connectivity index (χ1) is 23.1. The molecule has 3 N–H and O–H groups in total. The molecule has 0 radical (unpaired) electrons. The molecule has 1 unspecified atom stereocenters. The number of para-hydroxylation sites is 2. The molecular formula is C41H37N3OS2. The molecule has 0 spiro atoms. The molecule has 6 heteroatoms. The van der Waals surface area contributed by atoms with E-state index in [2.05, 4.69) is 132 Å². The lowest BCUT2D eigenvalue weighted by molar-refractivity contribution is 0.260. The van der Waals surface area contributed by atoms with Crippen molar-refractivity contribution in [1.29, 1.82) is 0 Å². The van der Waals surface area contributed by atoms with Crippen molar-refractivity contribution in [2.75, 3.05) is 12.0 Å². The third-order valence-electron chi connectivity index (χ3n) is 7.59. The van der Waals surface area contributed by atoms with Crippen LogP contribution in [0.5, 0.6) is 5.75 Å². The molecule has 0 fully saturated rings. The maximum Gasteiger partial charge on any atom is 0.196 e. The quantitative estimate of drug-likeness (QED) is 0.152. The van der Waals surface area contributed by atoms with Gasteiger partial charge in [0.05, 0.1) is 12.4 Å². The highest BCUT2D eigenvalue weighted by molar-refractivity contribution is 7.99. The van der Waals surface area contributed by atoms with Gasteiger partial charge in [0.2, 0.25) is 0 Å². The van der Waals surface area contributed by atoms with Gasteiger partial charge in [-0.1, -0.05) is 121 Å². The van der Waals surface area contributed by atoms with Crippen molar-refractivity contribution in [3.63, 3.8) is 0 Å². The van der Waals surface area contributed by atoms with Crippen molar-refractivity contribution in [2.24, 2.45) is 10.7 Å². The van der Waals surface area contributed by atoms with Gasteiger partial charge in [-0.15, -0.1) is 0 Å². The van der Waals surface area contributed by atoms with Gasteiger partial charge < -0.3 is 15.8 Å². The van der Waals surface area contributed by atoms with Gasteiger partial charge in [-0.05, 0) is 90.7 Å². The number of nitrogens with two attached hydrogens (primary N) is 1. The number of nitrogens with one attached hydrogen (secondary N) is 1. The predicted octanol–water partition coefficient (Wildman–Crippen LogP) is 10.5. The second kappa shape index (κ2) is 16.2. The zero-order valence-electron chi connectivity index (χ0n) is 26.3. The monoisotopic (exact) mass is 651 g/mol. The number of nitrogens with zero attached hydrogens (tertiary/aromatic N) is 1. The van der Waals surface area contributed by atoms with E-state index in [4.69, 9.17) is 10.5 Å². The van der Waals surface area contributed by atoms with Crippen molar-refractivity contribution >= 4 is 34.9 Å². The first kappa shape index (κ1) is 32.2. The lowest BCUT2D eigenvalue weighted by Crippen LogP contribution is -2.10. The van der Waals surface area contributed by atoms with Crippen molar-refractivity contribution < 1.29 is 4.74 Å². The normalized spacial score (nSPS) is 13.5. The van der Waals surface area contributed by atoms with Crippen LogP contribution in [0.1, 0.15) is 35.4 Å². The van der Waals surface area contributed by atoms with Crippen molar-refractivity contribution in [2.45, 2.75) is 39.2 Å². The van der Waals surface area contributed by atoms with Crippen LogP contribution in [-0.4, -0.2) is 12.4 Å². The molecule has 1 atom stereocenters. The van der Waals surface area contributed by atoms with E-state index in [1.807, 2.05) is 43.3 Å². The Morgan fingerprint density at radius 1 is 0.617 bits per heavy atom.